The molecule has 0 radical (unpaired) electrons. The molecule has 0 bridgehead atoms. The van der Waals surface area contributed by atoms with E-state index in [-0.39, 0.29) is 11.7 Å². The fourth-order valence-corrected chi connectivity index (χ4v) is 2.18. The van der Waals surface area contributed by atoms with Crippen molar-refractivity contribution in [2.45, 2.75) is 0 Å². The molecular formula is C6H3Cl3OS. The number of hydrogen-bond acceptors (Lipinski definition) is 2. The molecule has 0 amide bonds. The number of thiophene rings is 1. The number of Topliss-reactive ketones (excluding diaryl/α,β-unsaturated/α-hetero) is 1. The zero-order chi connectivity index (χ0) is 8.43. The van der Waals surface area contributed by atoms with Gasteiger partial charge >= 0.3 is 0 Å². The molecule has 1 aromatic heterocycles. The smallest absolute Gasteiger partial charge is 0.189 e. The number of rotatable bonds is 2. The van der Waals surface area contributed by atoms with Crippen LogP contribution in [0, 0.1) is 0 Å². The lowest BCUT2D eigenvalue weighted by Gasteiger charge is -1.90. The van der Waals surface area contributed by atoms with Gasteiger partial charge in [-0.3, -0.25) is 4.79 Å². The summed E-state index contributed by atoms with van der Waals surface area (Å²) in [5, 5.41) is 2.33. The first kappa shape index (κ1) is 9.33. The Balaban J connectivity index is 3.04. The van der Waals surface area contributed by atoms with E-state index < -0.39 is 0 Å². The maximum absolute atomic E-state index is 11.0. The van der Waals surface area contributed by atoms with E-state index in [0.717, 1.165) is 0 Å². The van der Waals surface area contributed by atoms with Crippen LogP contribution in [0.4, 0.5) is 0 Å². The minimum Gasteiger partial charge on any atom is -0.292 e. The van der Waals surface area contributed by atoms with Crippen molar-refractivity contribution in [3.05, 3.63) is 20.3 Å². The van der Waals surface area contributed by atoms with Gasteiger partial charge in [0.2, 0.25) is 0 Å². The summed E-state index contributed by atoms with van der Waals surface area (Å²) in [5.74, 6) is -0.245. The molecule has 0 spiro atoms. The summed E-state index contributed by atoms with van der Waals surface area (Å²) >= 11 is 17.8. The maximum atomic E-state index is 11.0. The molecule has 0 saturated heterocycles. The Morgan fingerprint density at radius 2 is 2.18 bits per heavy atom. The van der Waals surface area contributed by atoms with Gasteiger partial charge in [-0.05, 0) is 0 Å². The van der Waals surface area contributed by atoms with Crippen LogP contribution in [0.3, 0.4) is 0 Å². The number of carbonyl (C=O) groups excluding carboxylic acids is 1. The fourth-order valence-electron chi connectivity index (χ4n) is 0.571. The first-order chi connectivity index (χ1) is 5.16. The third kappa shape index (κ3) is 1.88. The van der Waals surface area contributed by atoms with E-state index >= 15 is 0 Å². The normalized spacial score (nSPS) is 10.1. The molecule has 1 rings (SSSR count). The molecule has 0 unspecified atom stereocenters. The van der Waals surface area contributed by atoms with Crippen LogP contribution in [0.25, 0.3) is 0 Å². The molecule has 0 fully saturated rings. The van der Waals surface area contributed by atoms with Crippen LogP contribution >= 0.6 is 46.1 Å². The molecule has 0 aromatic carbocycles. The van der Waals surface area contributed by atoms with Crippen LogP contribution in [0.2, 0.25) is 10.0 Å². The van der Waals surface area contributed by atoms with Crippen LogP contribution in [0.5, 0.6) is 0 Å². The molecule has 1 nitrogen and oxygen atoms in total. The lowest BCUT2D eigenvalue weighted by atomic mass is 10.3. The van der Waals surface area contributed by atoms with E-state index in [1.54, 1.807) is 5.38 Å². The van der Waals surface area contributed by atoms with Crippen LogP contribution in [-0.2, 0) is 0 Å². The Labute approximate surface area is 82.9 Å². The molecule has 0 aliphatic carbocycles. The summed E-state index contributed by atoms with van der Waals surface area (Å²) < 4.78 is 0. The third-order valence-corrected chi connectivity index (χ3v) is 3.36. The summed E-state index contributed by atoms with van der Waals surface area (Å²) in [4.78, 5) is 11.4. The van der Waals surface area contributed by atoms with Gasteiger partial charge < -0.3 is 0 Å². The summed E-state index contributed by atoms with van der Waals surface area (Å²) in [7, 11) is 0. The lowest BCUT2D eigenvalue weighted by Crippen LogP contribution is -1.96. The van der Waals surface area contributed by atoms with E-state index in [4.69, 9.17) is 34.8 Å². The van der Waals surface area contributed by atoms with Crippen molar-refractivity contribution in [1.29, 1.82) is 0 Å². The average molecular weight is 230 g/mol. The largest absolute Gasteiger partial charge is 0.292 e. The van der Waals surface area contributed by atoms with Crippen molar-refractivity contribution in [3.8, 4) is 0 Å². The van der Waals surface area contributed by atoms with Crippen molar-refractivity contribution in [3.63, 3.8) is 0 Å². The molecule has 0 aliphatic heterocycles. The second kappa shape index (κ2) is 3.76. The highest BCUT2D eigenvalue weighted by Crippen LogP contribution is 2.32. The molecule has 0 N–H and O–H groups in total. The highest BCUT2D eigenvalue weighted by atomic mass is 35.5. The van der Waals surface area contributed by atoms with Gasteiger partial charge in [0.15, 0.2) is 5.78 Å². The minimum atomic E-state index is -0.187. The summed E-state index contributed by atoms with van der Waals surface area (Å²) in [6, 6.07) is 0. The van der Waals surface area contributed by atoms with Crippen molar-refractivity contribution < 1.29 is 4.79 Å². The molecule has 0 atom stereocenters. The summed E-state index contributed by atoms with van der Waals surface area (Å²) in [5.41, 5.74) is 0. The molecule has 11 heavy (non-hydrogen) atoms. The summed E-state index contributed by atoms with van der Waals surface area (Å²) in [6.07, 6.45) is 0. The molecule has 1 heterocycles. The van der Waals surface area contributed by atoms with Crippen LogP contribution in [-0.4, -0.2) is 11.7 Å². The molecule has 5 heteroatoms. The zero-order valence-electron chi connectivity index (χ0n) is 5.23. The van der Waals surface area contributed by atoms with E-state index in [9.17, 15) is 4.79 Å². The third-order valence-electron chi connectivity index (χ3n) is 1.06. The van der Waals surface area contributed by atoms with Crippen LogP contribution in [0.1, 0.15) is 9.67 Å². The van der Waals surface area contributed by atoms with Crippen LogP contribution < -0.4 is 0 Å². The Morgan fingerprint density at radius 3 is 2.55 bits per heavy atom. The molecule has 1 aromatic rings. The molecule has 0 aliphatic rings. The first-order valence-corrected chi connectivity index (χ1v) is 4.85. The average Bonchev–Trinajstić information content (AvgIpc) is 2.32. The van der Waals surface area contributed by atoms with Gasteiger partial charge in [0.05, 0.1) is 20.8 Å². The van der Waals surface area contributed by atoms with Crippen molar-refractivity contribution in [2.75, 3.05) is 5.88 Å². The van der Waals surface area contributed by atoms with Gasteiger partial charge in [0.1, 0.15) is 0 Å². The monoisotopic (exact) mass is 228 g/mol. The van der Waals surface area contributed by atoms with E-state index in [2.05, 4.69) is 0 Å². The highest BCUT2D eigenvalue weighted by molar-refractivity contribution is 7.13. The van der Waals surface area contributed by atoms with Gasteiger partial charge in [0, 0.05) is 5.38 Å². The van der Waals surface area contributed by atoms with E-state index in [0.29, 0.717) is 14.9 Å². The van der Waals surface area contributed by atoms with Crippen molar-refractivity contribution >= 4 is 51.9 Å². The number of alkyl halides is 1. The number of carbonyl (C=O) groups is 1. The van der Waals surface area contributed by atoms with Crippen LogP contribution in [0.15, 0.2) is 5.38 Å². The van der Waals surface area contributed by atoms with E-state index in [1.807, 2.05) is 0 Å². The second-order valence-electron chi connectivity index (χ2n) is 1.78. The Morgan fingerprint density at radius 1 is 1.55 bits per heavy atom. The Bertz CT molecular complexity index is 281. The quantitative estimate of drug-likeness (QED) is 0.560. The van der Waals surface area contributed by atoms with Gasteiger partial charge in [0.25, 0.3) is 0 Å². The number of ketones is 1. The van der Waals surface area contributed by atoms with E-state index in [1.165, 1.54) is 11.3 Å². The predicted octanol–water partition coefficient (Wildman–Crippen LogP) is 3.48. The first-order valence-electron chi connectivity index (χ1n) is 2.68. The maximum Gasteiger partial charge on any atom is 0.189 e. The molecule has 60 valence electrons. The molecule has 0 saturated carbocycles. The lowest BCUT2D eigenvalue weighted by molar-refractivity contribution is 0.102. The Hall–Kier alpha value is 0.240. The number of hydrogen-bond donors (Lipinski definition) is 0. The summed E-state index contributed by atoms with van der Waals surface area (Å²) in [6.45, 7) is 0. The Kier molecular flexibility index (Phi) is 3.19. The predicted molar refractivity (Wildman–Crippen MR) is 49.4 cm³/mol. The SMILES string of the molecule is O=C(CCl)c1scc(Cl)c1Cl. The van der Waals surface area contributed by atoms with Crippen molar-refractivity contribution in [1.82, 2.24) is 0 Å². The minimum absolute atomic E-state index is 0.0590. The number of halogens is 3. The second-order valence-corrected chi connectivity index (χ2v) is 3.72. The fraction of sp³-hybridized carbons (Fsp3) is 0.167. The van der Waals surface area contributed by atoms with Crippen molar-refractivity contribution in [2.24, 2.45) is 0 Å². The van der Waals surface area contributed by atoms with Gasteiger partial charge in [-0.25, -0.2) is 0 Å². The zero-order valence-corrected chi connectivity index (χ0v) is 8.32. The molecular weight excluding hydrogens is 226 g/mol. The highest BCUT2D eigenvalue weighted by Gasteiger charge is 2.13. The standard InChI is InChI=1S/C6H3Cl3OS/c7-1-4(10)6-5(9)3(8)2-11-6/h2H,1H2. The topological polar surface area (TPSA) is 17.1 Å². The van der Waals surface area contributed by atoms with Gasteiger partial charge in [-0.2, -0.15) is 0 Å². The van der Waals surface area contributed by atoms with Gasteiger partial charge in [-0.15, -0.1) is 22.9 Å². The van der Waals surface area contributed by atoms with Gasteiger partial charge in [-0.1, -0.05) is 23.2 Å².